The molecule has 0 bridgehead atoms. The zero-order valence-corrected chi connectivity index (χ0v) is 20.1. The van der Waals surface area contributed by atoms with Crippen molar-refractivity contribution in [3.05, 3.63) is 77.4 Å². The van der Waals surface area contributed by atoms with Gasteiger partial charge in [-0.15, -0.1) is 0 Å². The van der Waals surface area contributed by atoms with Crippen molar-refractivity contribution in [3.63, 3.8) is 0 Å². The molecule has 5 rings (SSSR count). The Bertz CT molecular complexity index is 1560. The summed E-state index contributed by atoms with van der Waals surface area (Å²) < 4.78 is 70.6. The molecule has 5 nitrogen and oxygen atoms in total. The summed E-state index contributed by atoms with van der Waals surface area (Å²) in [4.78, 5) is 11.3. The summed E-state index contributed by atoms with van der Waals surface area (Å²) in [5, 5.41) is 9.45. The molecule has 1 aromatic heterocycles. The summed E-state index contributed by atoms with van der Waals surface area (Å²) in [6.45, 7) is 1.16. The summed E-state index contributed by atoms with van der Waals surface area (Å²) in [7, 11) is 0. The molecule has 10 heteroatoms. The Labute approximate surface area is 215 Å². The van der Waals surface area contributed by atoms with Crippen LogP contribution in [0.25, 0.3) is 33.3 Å². The van der Waals surface area contributed by atoms with E-state index in [0.29, 0.717) is 35.5 Å². The van der Waals surface area contributed by atoms with E-state index >= 15 is 0 Å². The predicted molar refractivity (Wildman–Crippen MR) is 134 cm³/mol. The summed E-state index contributed by atoms with van der Waals surface area (Å²) in [5.74, 6) is -1.44. The number of rotatable bonds is 3. The van der Waals surface area contributed by atoms with Crippen molar-refractivity contribution < 1.29 is 22.0 Å². The standard InChI is InChI=1S/C28H22F5N5/c29-22-6-3-5-21(28(31,32)33)25(22)16-9-10-24-20(12-16)26(17-7-8-18(14-34)23(30)13-17)37-27(36-24)38-11-2-1-4-19(35)15-38/h3,5-10,12-13,19H,1-2,4,11,15,35H2. The molecule has 1 unspecified atom stereocenters. The molecule has 0 saturated carbocycles. The lowest BCUT2D eigenvalue weighted by atomic mass is 9.95. The summed E-state index contributed by atoms with van der Waals surface area (Å²) in [6.07, 6.45) is -2.10. The molecule has 4 aromatic rings. The molecule has 194 valence electrons. The Morgan fingerprint density at radius 1 is 0.947 bits per heavy atom. The zero-order valence-electron chi connectivity index (χ0n) is 20.1. The fourth-order valence-electron chi connectivity index (χ4n) is 4.80. The first-order valence-electron chi connectivity index (χ1n) is 12.0. The minimum Gasteiger partial charge on any atom is -0.339 e. The molecule has 2 N–H and O–H groups in total. The fraction of sp³-hybridized carbons (Fsp3) is 0.250. The number of fused-ring (bicyclic) bond motifs is 1. The Morgan fingerprint density at radius 2 is 1.74 bits per heavy atom. The molecule has 38 heavy (non-hydrogen) atoms. The van der Waals surface area contributed by atoms with Gasteiger partial charge in [0.15, 0.2) is 0 Å². The van der Waals surface area contributed by atoms with Crippen LogP contribution < -0.4 is 10.6 Å². The second-order valence-electron chi connectivity index (χ2n) is 9.27. The van der Waals surface area contributed by atoms with E-state index in [1.54, 1.807) is 6.07 Å². The van der Waals surface area contributed by atoms with E-state index in [-0.39, 0.29) is 22.9 Å². The first-order chi connectivity index (χ1) is 18.2. The number of hydrogen-bond acceptors (Lipinski definition) is 5. The number of hydrogen-bond donors (Lipinski definition) is 1. The molecule has 0 aliphatic carbocycles. The molecule has 1 aliphatic heterocycles. The van der Waals surface area contributed by atoms with Crippen molar-refractivity contribution in [2.75, 3.05) is 18.0 Å². The van der Waals surface area contributed by atoms with Gasteiger partial charge in [0, 0.05) is 35.6 Å². The Hall–Kier alpha value is -4.10. The van der Waals surface area contributed by atoms with Crippen LogP contribution in [-0.4, -0.2) is 29.1 Å². The van der Waals surface area contributed by atoms with E-state index < -0.39 is 28.9 Å². The van der Waals surface area contributed by atoms with Gasteiger partial charge < -0.3 is 10.6 Å². The van der Waals surface area contributed by atoms with Gasteiger partial charge in [-0.25, -0.2) is 18.7 Å². The molecular formula is C28H22F5N5. The van der Waals surface area contributed by atoms with E-state index in [2.05, 4.69) is 9.97 Å². The maximum atomic E-state index is 14.8. The Kier molecular flexibility index (Phi) is 6.71. The number of alkyl halides is 3. The van der Waals surface area contributed by atoms with Crippen LogP contribution in [0.3, 0.4) is 0 Å². The van der Waals surface area contributed by atoms with E-state index in [1.807, 2.05) is 4.90 Å². The van der Waals surface area contributed by atoms with Crippen LogP contribution in [0.5, 0.6) is 0 Å². The summed E-state index contributed by atoms with van der Waals surface area (Å²) in [5.41, 5.74) is 5.27. The molecule has 1 atom stereocenters. The Balaban J connectivity index is 1.75. The fourth-order valence-corrected chi connectivity index (χ4v) is 4.80. The topological polar surface area (TPSA) is 78.8 Å². The lowest BCUT2D eigenvalue weighted by molar-refractivity contribution is -0.137. The second kappa shape index (κ2) is 9.99. The normalized spacial score (nSPS) is 16.3. The summed E-state index contributed by atoms with van der Waals surface area (Å²) in [6, 6.07) is 12.7. The van der Waals surface area contributed by atoms with E-state index in [1.165, 1.54) is 30.3 Å². The van der Waals surface area contributed by atoms with Crippen molar-refractivity contribution in [1.29, 1.82) is 5.26 Å². The SMILES string of the molecule is N#Cc1ccc(-c2nc(N3CCCCC(N)C3)nc3ccc(-c4c(F)cccc4C(F)(F)F)cc23)cc1F. The highest BCUT2D eigenvalue weighted by Crippen LogP contribution is 2.40. The maximum absolute atomic E-state index is 14.8. The van der Waals surface area contributed by atoms with Crippen LogP contribution in [0.1, 0.15) is 30.4 Å². The number of halogens is 5. The third-order valence-corrected chi connectivity index (χ3v) is 6.65. The van der Waals surface area contributed by atoms with Crippen molar-refractivity contribution in [1.82, 2.24) is 9.97 Å². The van der Waals surface area contributed by atoms with Gasteiger partial charge in [0.1, 0.15) is 17.7 Å². The van der Waals surface area contributed by atoms with Gasteiger partial charge in [-0.1, -0.05) is 24.6 Å². The predicted octanol–water partition coefficient (Wildman–Crippen LogP) is 6.45. The van der Waals surface area contributed by atoms with Crippen LogP contribution in [0.15, 0.2) is 54.6 Å². The van der Waals surface area contributed by atoms with Gasteiger partial charge >= 0.3 is 6.18 Å². The number of benzene rings is 3. The maximum Gasteiger partial charge on any atom is 0.417 e. The number of nitrogens with two attached hydrogens (primary N) is 1. The molecule has 1 fully saturated rings. The minimum absolute atomic E-state index is 0.0218. The van der Waals surface area contributed by atoms with Crippen LogP contribution in [0.4, 0.5) is 27.9 Å². The largest absolute Gasteiger partial charge is 0.417 e. The molecule has 1 aliphatic rings. The second-order valence-corrected chi connectivity index (χ2v) is 9.27. The summed E-state index contributed by atoms with van der Waals surface area (Å²) >= 11 is 0. The number of anilines is 1. The van der Waals surface area contributed by atoms with E-state index in [4.69, 9.17) is 11.0 Å². The van der Waals surface area contributed by atoms with E-state index in [0.717, 1.165) is 43.5 Å². The average Bonchev–Trinajstić information content (AvgIpc) is 3.11. The van der Waals surface area contributed by atoms with Gasteiger partial charge in [0.05, 0.1) is 22.3 Å². The van der Waals surface area contributed by atoms with Crippen molar-refractivity contribution in [2.45, 2.75) is 31.5 Å². The molecule has 0 spiro atoms. The number of aromatic nitrogens is 2. The first-order valence-corrected chi connectivity index (χ1v) is 12.0. The first kappa shape index (κ1) is 25.5. The minimum atomic E-state index is -4.78. The van der Waals surface area contributed by atoms with Gasteiger partial charge in [-0.3, -0.25) is 0 Å². The van der Waals surface area contributed by atoms with Crippen LogP contribution in [-0.2, 0) is 6.18 Å². The Morgan fingerprint density at radius 3 is 2.47 bits per heavy atom. The van der Waals surface area contributed by atoms with Crippen molar-refractivity contribution in [2.24, 2.45) is 5.73 Å². The van der Waals surface area contributed by atoms with Crippen molar-refractivity contribution in [3.8, 4) is 28.5 Å². The van der Waals surface area contributed by atoms with Gasteiger partial charge in [0.2, 0.25) is 5.95 Å². The lowest BCUT2D eigenvalue weighted by Gasteiger charge is -2.24. The van der Waals surface area contributed by atoms with Gasteiger partial charge in [-0.2, -0.15) is 18.4 Å². The van der Waals surface area contributed by atoms with Crippen LogP contribution in [0, 0.1) is 23.0 Å². The highest BCUT2D eigenvalue weighted by Gasteiger charge is 2.35. The van der Waals surface area contributed by atoms with Crippen LogP contribution in [0.2, 0.25) is 0 Å². The quantitative estimate of drug-likeness (QED) is 0.312. The van der Waals surface area contributed by atoms with Gasteiger partial charge in [-0.05, 0) is 54.8 Å². The average molecular weight is 524 g/mol. The smallest absolute Gasteiger partial charge is 0.339 e. The molecular weight excluding hydrogens is 501 g/mol. The number of nitrogens with zero attached hydrogens (tertiary/aromatic N) is 4. The third-order valence-electron chi connectivity index (χ3n) is 6.65. The molecule has 0 radical (unpaired) electrons. The lowest BCUT2D eigenvalue weighted by Crippen LogP contribution is -2.36. The molecule has 1 saturated heterocycles. The monoisotopic (exact) mass is 523 g/mol. The highest BCUT2D eigenvalue weighted by molar-refractivity contribution is 5.96. The molecule has 2 heterocycles. The highest BCUT2D eigenvalue weighted by atomic mass is 19.4. The molecule has 3 aromatic carbocycles. The van der Waals surface area contributed by atoms with Crippen LogP contribution >= 0.6 is 0 Å². The zero-order chi connectivity index (χ0) is 27.0. The van der Waals surface area contributed by atoms with E-state index in [9.17, 15) is 22.0 Å². The number of nitriles is 1. The van der Waals surface area contributed by atoms with Gasteiger partial charge in [0.25, 0.3) is 0 Å². The van der Waals surface area contributed by atoms with Crippen molar-refractivity contribution >= 4 is 16.9 Å². The molecule has 0 amide bonds. The third kappa shape index (κ3) is 4.89.